The van der Waals surface area contributed by atoms with E-state index in [1.165, 1.54) is 12.1 Å². The molecular formula is C16H14ClFN4. The van der Waals surface area contributed by atoms with Crippen molar-refractivity contribution in [2.24, 2.45) is 5.73 Å². The molecule has 4 nitrogen and oxygen atoms in total. The van der Waals surface area contributed by atoms with Gasteiger partial charge in [0.1, 0.15) is 11.5 Å². The van der Waals surface area contributed by atoms with Gasteiger partial charge in [-0.1, -0.05) is 46.6 Å². The zero-order chi connectivity index (χ0) is 15.7. The molecule has 0 saturated carbocycles. The summed E-state index contributed by atoms with van der Waals surface area (Å²) in [6, 6.07) is 12.4. The Hall–Kier alpha value is -2.24. The fraction of sp³-hybridized carbons (Fsp3) is 0.125. The molecule has 6 heteroatoms. The predicted octanol–water partition coefficient (Wildman–Crippen LogP) is 3.49. The molecule has 0 fully saturated rings. The standard InChI is InChI=1S/C16H14ClFN4/c1-10-2-4-11(5-3-10)16-15(9-19)20-21-22(16)12-6-7-14(18)13(17)8-12/h2-8H,9,19H2,1H3. The number of nitrogens with zero attached hydrogens (tertiary/aromatic N) is 3. The van der Waals surface area contributed by atoms with Gasteiger partial charge in [-0.25, -0.2) is 9.07 Å². The van der Waals surface area contributed by atoms with Crippen LogP contribution in [0.4, 0.5) is 4.39 Å². The number of hydrogen-bond donors (Lipinski definition) is 1. The van der Waals surface area contributed by atoms with Crippen LogP contribution in [0.1, 0.15) is 11.3 Å². The first-order valence-corrected chi connectivity index (χ1v) is 7.15. The summed E-state index contributed by atoms with van der Waals surface area (Å²) in [5, 5.41) is 8.28. The third kappa shape index (κ3) is 2.61. The summed E-state index contributed by atoms with van der Waals surface area (Å²) in [5.41, 5.74) is 9.94. The lowest BCUT2D eigenvalue weighted by Crippen LogP contribution is -2.03. The van der Waals surface area contributed by atoms with Crippen molar-refractivity contribution in [2.75, 3.05) is 0 Å². The molecule has 2 aromatic carbocycles. The van der Waals surface area contributed by atoms with E-state index < -0.39 is 5.82 Å². The topological polar surface area (TPSA) is 56.7 Å². The molecule has 0 bridgehead atoms. The van der Waals surface area contributed by atoms with Crippen LogP contribution < -0.4 is 5.73 Å². The molecule has 3 aromatic rings. The van der Waals surface area contributed by atoms with Crippen molar-refractivity contribution in [1.29, 1.82) is 0 Å². The lowest BCUT2D eigenvalue weighted by Gasteiger charge is -2.09. The molecule has 0 amide bonds. The van der Waals surface area contributed by atoms with Gasteiger partial charge in [-0.15, -0.1) is 5.10 Å². The van der Waals surface area contributed by atoms with Crippen molar-refractivity contribution in [2.45, 2.75) is 13.5 Å². The molecule has 1 aromatic heterocycles. The first kappa shape index (κ1) is 14.7. The number of nitrogens with two attached hydrogens (primary N) is 1. The summed E-state index contributed by atoms with van der Waals surface area (Å²) in [7, 11) is 0. The Morgan fingerprint density at radius 1 is 1.18 bits per heavy atom. The van der Waals surface area contributed by atoms with Crippen LogP contribution in [0.25, 0.3) is 16.9 Å². The maximum atomic E-state index is 13.4. The van der Waals surface area contributed by atoms with Gasteiger partial charge in [0, 0.05) is 12.1 Å². The van der Waals surface area contributed by atoms with E-state index in [1.807, 2.05) is 31.2 Å². The van der Waals surface area contributed by atoms with Crippen LogP contribution in [0.5, 0.6) is 0 Å². The van der Waals surface area contributed by atoms with Gasteiger partial charge in [-0.2, -0.15) is 0 Å². The van der Waals surface area contributed by atoms with Gasteiger partial charge in [0.15, 0.2) is 0 Å². The van der Waals surface area contributed by atoms with Gasteiger partial charge in [-0.05, 0) is 25.1 Å². The van der Waals surface area contributed by atoms with Crippen LogP contribution in [0.3, 0.4) is 0 Å². The molecule has 0 unspecified atom stereocenters. The smallest absolute Gasteiger partial charge is 0.141 e. The van der Waals surface area contributed by atoms with Crippen LogP contribution >= 0.6 is 11.6 Å². The molecule has 0 atom stereocenters. The molecule has 0 aliphatic heterocycles. The highest BCUT2D eigenvalue weighted by atomic mass is 35.5. The molecule has 0 radical (unpaired) electrons. The Morgan fingerprint density at radius 2 is 1.91 bits per heavy atom. The largest absolute Gasteiger partial charge is 0.325 e. The first-order valence-electron chi connectivity index (χ1n) is 6.77. The SMILES string of the molecule is Cc1ccc(-c2c(CN)nnn2-c2ccc(F)c(Cl)c2)cc1. The molecule has 22 heavy (non-hydrogen) atoms. The summed E-state index contributed by atoms with van der Waals surface area (Å²) in [6.45, 7) is 2.28. The van der Waals surface area contributed by atoms with Crippen molar-refractivity contribution in [3.8, 4) is 16.9 Å². The third-order valence-corrected chi connectivity index (χ3v) is 3.70. The molecule has 0 spiro atoms. The van der Waals surface area contributed by atoms with Crippen LogP contribution in [0.15, 0.2) is 42.5 Å². The highest BCUT2D eigenvalue weighted by molar-refractivity contribution is 6.30. The van der Waals surface area contributed by atoms with E-state index in [-0.39, 0.29) is 11.6 Å². The van der Waals surface area contributed by atoms with E-state index >= 15 is 0 Å². The lowest BCUT2D eigenvalue weighted by molar-refractivity contribution is 0.627. The number of rotatable bonds is 3. The Kier molecular flexibility index (Phi) is 3.92. The minimum Gasteiger partial charge on any atom is -0.325 e. The first-order chi connectivity index (χ1) is 10.6. The highest BCUT2D eigenvalue weighted by Crippen LogP contribution is 2.27. The minimum atomic E-state index is -0.471. The van der Waals surface area contributed by atoms with Crippen molar-refractivity contribution in [3.05, 3.63) is 64.6 Å². The average Bonchev–Trinajstić information content (AvgIpc) is 2.95. The van der Waals surface area contributed by atoms with Gasteiger partial charge in [-0.3, -0.25) is 0 Å². The second kappa shape index (κ2) is 5.87. The molecule has 0 aliphatic rings. The van der Waals surface area contributed by atoms with Crippen molar-refractivity contribution in [3.63, 3.8) is 0 Å². The van der Waals surface area contributed by atoms with Crippen LogP contribution in [0.2, 0.25) is 5.02 Å². The summed E-state index contributed by atoms with van der Waals surface area (Å²) in [5.74, 6) is -0.471. The maximum absolute atomic E-state index is 13.4. The fourth-order valence-electron chi connectivity index (χ4n) is 2.25. The second-order valence-electron chi connectivity index (χ2n) is 4.97. The van der Waals surface area contributed by atoms with Gasteiger partial charge in [0.25, 0.3) is 0 Å². The molecule has 3 rings (SSSR count). The van der Waals surface area contributed by atoms with E-state index in [0.717, 1.165) is 16.8 Å². The fourth-order valence-corrected chi connectivity index (χ4v) is 2.42. The number of benzene rings is 2. The molecule has 0 saturated heterocycles. The average molecular weight is 317 g/mol. The summed E-state index contributed by atoms with van der Waals surface area (Å²) in [4.78, 5) is 0. The Bertz CT molecular complexity index is 812. The van der Waals surface area contributed by atoms with E-state index in [0.29, 0.717) is 11.4 Å². The van der Waals surface area contributed by atoms with Gasteiger partial charge < -0.3 is 5.73 Å². The van der Waals surface area contributed by atoms with E-state index in [9.17, 15) is 4.39 Å². The molecule has 0 aliphatic carbocycles. The summed E-state index contributed by atoms with van der Waals surface area (Å²) >= 11 is 5.86. The van der Waals surface area contributed by atoms with Crippen molar-refractivity contribution in [1.82, 2.24) is 15.0 Å². The van der Waals surface area contributed by atoms with Crippen LogP contribution in [0, 0.1) is 12.7 Å². The zero-order valence-electron chi connectivity index (χ0n) is 11.9. The molecule has 1 heterocycles. The highest BCUT2D eigenvalue weighted by Gasteiger charge is 2.16. The van der Waals surface area contributed by atoms with Crippen LogP contribution in [-0.4, -0.2) is 15.0 Å². The predicted molar refractivity (Wildman–Crippen MR) is 84.4 cm³/mol. The number of aryl methyl sites for hydroxylation is 1. The van der Waals surface area contributed by atoms with Crippen molar-refractivity contribution < 1.29 is 4.39 Å². The second-order valence-corrected chi connectivity index (χ2v) is 5.37. The van der Waals surface area contributed by atoms with Crippen molar-refractivity contribution >= 4 is 11.6 Å². The molecule has 2 N–H and O–H groups in total. The van der Waals surface area contributed by atoms with Gasteiger partial charge in [0.05, 0.1) is 16.4 Å². The van der Waals surface area contributed by atoms with Gasteiger partial charge >= 0.3 is 0 Å². The monoisotopic (exact) mass is 316 g/mol. The minimum absolute atomic E-state index is 0.0390. The number of aromatic nitrogens is 3. The third-order valence-electron chi connectivity index (χ3n) is 3.41. The number of hydrogen-bond acceptors (Lipinski definition) is 3. The normalized spacial score (nSPS) is 10.9. The van der Waals surface area contributed by atoms with E-state index in [2.05, 4.69) is 10.3 Å². The Balaban J connectivity index is 2.18. The Labute approximate surface area is 132 Å². The Morgan fingerprint density at radius 3 is 2.55 bits per heavy atom. The lowest BCUT2D eigenvalue weighted by atomic mass is 10.1. The van der Waals surface area contributed by atoms with E-state index in [4.69, 9.17) is 17.3 Å². The van der Waals surface area contributed by atoms with Gasteiger partial charge in [0.2, 0.25) is 0 Å². The molecule has 112 valence electrons. The summed E-state index contributed by atoms with van der Waals surface area (Å²) < 4.78 is 15.0. The summed E-state index contributed by atoms with van der Waals surface area (Å²) in [6.07, 6.45) is 0. The molecular weight excluding hydrogens is 303 g/mol. The number of halogens is 2. The maximum Gasteiger partial charge on any atom is 0.141 e. The quantitative estimate of drug-likeness (QED) is 0.804. The van der Waals surface area contributed by atoms with E-state index in [1.54, 1.807) is 10.7 Å². The van der Waals surface area contributed by atoms with Crippen LogP contribution in [-0.2, 0) is 6.54 Å². The zero-order valence-corrected chi connectivity index (χ0v) is 12.7.